The van der Waals surface area contributed by atoms with Crippen molar-refractivity contribution in [3.8, 4) is 10.6 Å². The molecule has 0 fully saturated rings. The average Bonchev–Trinajstić information content (AvgIpc) is 2.77. The van der Waals surface area contributed by atoms with Crippen molar-refractivity contribution in [3.63, 3.8) is 0 Å². The molecule has 2 heterocycles. The first-order valence-electron chi connectivity index (χ1n) is 4.96. The van der Waals surface area contributed by atoms with Crippen LogP contribution in [0.15, 0.2) is 29.8 Å². The van der Waals surface area contributed by atoms with Gasteiger partial charge in [-0.15, -0.1) is 0 Å². The Kier molecular flexibility index (Phi) is 5.76. The molecule has 104 valence electrons. The van der Waals surface area contributed by atoms with Crippen LogP contribution in [-0.2, 0) is 10.4 Å². The molecule has 0 aliphatic heterocycles. The van der Waals surface area contributed by atoms with Crippen molar-refractivity contribution in [1.29, 1.82) is 0 Å². The Hall–Kier alpha value is -1.13. The summed E-state index contributed by atoms with van der Waals surface area (Å²) in [7, 11) is -0.797. The summed E-state index contributed by atoms with van der Waals surface area (Å²) in [6.07, 6.45) is 1.83. The van der Waals surface area contributed by atoms with E-state index in [1.807, 2.05) is 24.4 Å². The lowest BCUT2D eigenvalue weighted by Crippen LogP contribution is -2.14. The minimum atomic E-state index is -4.92. The van der Waals surface area contributed by atoms with Crippen molar-refractivity contribution in [2.75, 3.05) is 14.1 Å². The molecule has 6 nitrogen and oxygen atoms in total. The molecule has 0 aromatic carbocycles. The Bertz CT molecular complexity index is 677. The second-order valence-electron chi connectivity index (χ2n) is 3.51. The van der Waals surface area contributed by atoms with Gasteiger partial charge in [0.2, 0.25) is 10.4 Å². The SMILES string of the molecule is C[N+](C)=c1scc(-c2ccccn2)s1.O=S(=O)([O-])O. The van der Waals surface area contributed by atoms with Crippen LogP contribution >= 0.6 is 22.7 Å². The van der Waals surface area contributed by atoms with E-state index in [4.69, 9.17) is 17.5 Å². The van der Waals surface area contributed by atoms with E-state index in [2.05, 4.69) is 29.0 Å². The summed E-state index contributed by atoms with van der Waals surface area (Å²) in [5.74, 6) is 0. The molecular weight excluding hydrogens is 308 g/mol. The van der Waals surface area contributed by atoms with Gasteiger partial charge in [0.15, 0.2) is 0 Å². The molecule has 2 aromatic heterocycles. The fourth-order valence-corrected chi connectivity index (χ4v) is 3.14. The minimum absolute atomic E-state index is 1.06. The molecule has 0 aliphatic carbocycles. The molecule has 2 aromatic rings. The Morgan fingerprint density at radius 1 is 1.37 bits per heavy atom. The normalized spacial score (nSPS) is 10.5. The van der Waals surface area contributed by atoms with Gasteiger partial charge in [-0.2, -0.15) is 0 Å². The monoisotopic (exact) mass is 320 g/mol. The Balaban J connectivity index is 0.000000312. The second kappa shape index (κ2) is 6.87. The Morgan fingerprint density at radius 3 is 2.42 bits per heavy atom. The summed E-state index contributed by atoms with van der Waals surface area (Å²) in [5.41, 5.74) is 1.06. The maximum atomic E-state index is 8.63. The van der Waals surface area contributed by atoms with Crippen LogP contribution in [0.25, 0.3) is 10.6 Å². The topological polar surface area (TPSA) is 93.3 Å². The average molecular weight is 320 g/mol. The third kappa shape index (κ3) is 6.55. The van der Waals surface area contributed by atoms with Gasteiger partial charge in [0.1, 0.15) is 14.1 Å². The van der Waals surface area contributed by atoms with E-state index in [1.54, 1.807) is 22.7 Å². The van der Waals surface area contributed by atoms with Crippen molar-refractivity contribution in [3.05, 3.63) is 33.8 Å². The number of hydrogen-bond donors (Lipinski definition) is 1. The second-order valence-corrected chi connectivity index (χ2v) is 6.51. The molecule has 0 radical (unpaired) electrons. The number of hydrogen-bond acceptors (Lipinski definition) is 6. The molecule has 9 heteroatoms. The molecular formula is C10H12N2O4S3. The van der Waals surface area contributed by atoms with Crippen LogP contribution in [0.4, 0.5) is 0 Å². The predicted octanol–water partition coefficient (Wildman–Crippen LogP) is 0.908. The number of rotatable bonds is 1. The fraction of sp³-hybridized carbons (Fsp3) is 0.200. The van der Waals surface area contributed by atoms with Crippen LogP contribution in [0.1, 0.15) is 0 Å². The molecule has 0 atom stereocenters. The van der Waals surface area contributed by atoms with E-state index in [0.29, 0.717) is 0 Å². The van der Waals surface area contributed by atoms with E-state index in [1.165, 1.54) is 8.86 Å². The van der Waals surface area contributed by atoms with Gasteiger partial charge in [0.05, 0.1) is 10.6 Å². The van der Waals surface area contributed by atoms with Gasteiger partial charge < -0.3 is 4.55 Å². The smallest absolute Gasteiger partial charge is 0.314 e. The van der Waals surface area contributed by atoms with Gasteiger partial charge in [-0.1, -0.05) is 28.7 Å². The van der Waals surface area contributed by atoms with E-state index < -0.39 is 10.4 Å². The first-order chi connectivity index (χ1) is 8.77. The lowest BCUT2D eigenvalue weighted by Gasteiger charge is -1.91. The van der Waals surface area contributed by atoms with E-state index >= 15 is 0 Å². The highest BCUT2D eigenvalue weighted by molar-refractivity contribution is 7.79. The summed E-state index contributed by atoms with van der Waals surface area (Å²) in [6.45, 7) is 0. The maximum Gasteiger partial charge on any atom is 0.314 e. The van der Waals surface area contributed by atoms with E-state index in [-0.39, 0.29) is 0 Å². The third-order valence-electron chi connectivity index (χ3n) is 1.75. The van der Waals surface area contributed by atoms with Crippen LogP contribution in [0, 0.1) is 0 Å². The zero-order valence-electron chi connectivity index (χ0n) is 10.2. The summed E-state index contributed by atoms with van der Waals surface area (Å²) >= 11 is 3.53. The summed E-state index contributed by atoms with van der Waals surface area (Å²) in [5, 5.41) is 2.16. The van der Waals surface area contributed by atoms with Gasteiger partial charge in [-0.3, -0.25) is 9.54 Å². The molecule has 0 unspecified atom stereocenters. The van der Waals surface area contributed by atoms with Gasteiger partial charge in [0.25, 0.3) is 0 Å². The fourth-order valence-electron chi connectivity index (χ4n) is 1.06. The highest BCUT2D eigenvalue weighted by Crippen LogP contribution is 2.20. The van der Waals surface area contributed by atoms with Crippen molar-refractivity contribution in [2.45, 2.75) is 0 Å². The van der Waals surface area contributed by atoms with Gasteiger partial charge in [0, 0.05) is 11.6 Å². The molecule has 0 aliphatic rings. The van der Waals surface area contributed by atoms with Crippen LogP contribution in [0.2, 0.25) is 0 Å². The zero-order valence-corrected chi connectivity index (χ0v) is 12.6. The van der Waals surface area contributed by atoms with Crippen LogP contribution in [0.5, 0.6) is 0 Å². The lowest BCUT2D eigenvalue weighted by atomic mass is 10.3. The van der Waals surface area contributed by atoms with Crippen LogP contribution < -0.4 is 8.56 Å². The highest BCUT2D eigenvalue weighted by Gasteiger charge is 2.04. The molecule has 0 amide bonds. The van der Waals surface area contributed by atoms with Crippen molar-refractivity contribution in [2.24, 2.45) is 0 Å². The van der Waals surface area contributed by atoms with E-state index in [0.717, 1.165) is 5.69 Å². The van der Waals surface area contributed by atoms with Crippen molar-refractivity contribution < 1.29 is 17.5 Å². The first-order valence-corrected chi connectivity index (χ1v) is 8.02. The Labute approximate surface area is 118 Å². The zero-order chi connectivity index (χ0) is 14.5. The molecule has 19 heavy (non-hydrogen) atoms. The Morgan fingerprint density at radius 2 is 2.00 bits per heavy atom. The number of nitrogens with zero attached hydrogens (tertiary/aromatic N) is 2. The standard InChI is InChI=1S/C10H11N2S2.H2O4S/c1-12(2)10-13-7-9(14-10)8-5-3-4-6-11-8;1-5(2,3)4/h3-7H,1-2H3;(H2,1,2,3,4)/q+1;/p-1. The number of aromatic nitrogens is 1. The van der Waals surface area contributed by atoms with Crippen molar-refractivity contribution in [1.82, 2.24) is 9.56 Å². The quantitative estimate of drug-likeness (QED) is 0.479. The van der Waals surface area contributed by atoms with Crippen LogP contribution in [-0.4, -0.2) is 36.6 Å². The molecule has 0 bridgehead atoms. The van der Waals surface area contributed by atoms with E-state index in [9.17, 15) is 0 Å². The van der Waals surface area contributed by atoms with Gasteiger partial charge >= 0.3 is 3.98 Å². The van der Waals surface area contributed by atoms with Gasteiger partial charge in [-0.05, 0) is 12.1 Å². The third-order valence-corrected chi connectivity index (χ3v) is 4.44. The highest BCUT2D eigenvalue weighted by atomic mass is 32.3. The van der Waals surface area contributed by atoms with Crippen molar-refractivity contribution >= 4 is 33.1 Å². The summed E-state index contributed by atoms with van der Waals surface area (Å²) in [6, 6.07) is 5.99. The molecule has 0 saturated heterocycles. The molecule has 0 saturated carbocycles. The van der Waals surface area contributed by atoms with Crippen LogP contribution in [0.3, 0.4) is 0 Å². The minimum Gasteiger partial charge on any atom is -0.726 e. The summed E-state index contributed by atoms with van der Waals surface area (Å²) in [4.78, 5) is 5.56. The lowest BCUT2D eigenvalue weighted by molar-refractivity contribution is 0.366. The largest absolute Gasteiger partial charge is 0.726 e. The molecule has 2 rings (SSSR count). The summed E-state index contributed by atoms with van der Waals surface area (Å²) < 4.78 is 36.3. The molecule has 0 spiro atoms. The first kappa shape index (κ1) is 15.9. The maximum absolute atomic E-state index is 8.63. The number of pyridine rings is 1. The van der Waals surface area contributed by atoms with Gasteiger partial charge in [-0.25, -0.2) is 13.0 Å². The molecule has 1 N–H and O–H groups in total. The predicted molar refractivity (Wildman–Crippen MR) is 74.9 cm³/mol.